The molecule has 0 fully saturated rings. The molecule has 0 aliphatic carbocycles. The Labute approximate surface area is 143 Å². The first-order valence-electron chi connectivity index (χ1n) is 7.50. The van der Waals surface area contributed by atoms with Crippen LogP contribution in [0, 0.1) is 29.9 Å². The van der Waals surface area contributed by atoms with E-state index in [9.17, 15) is 8.78 Å². The molecule has 0 atom stereocenters. The largest absolute Gasteiger partial charge is 0.246 e. The van der Waals surface area contributed by atoms with Crippen LogP contribution in [0.1, 0.15) is 23.2 Å². The predicted octanol–water partition coefficient (Wildman–Crippen LogP) is 5.50. The number of thiazole rings is 1. The van der Waals surface area contributed by atoms with E-state index in [1.165, 1.54) is 23.5 Å². The first-order chi connectivity index (χ1) is 11.5. The van der Waals surface area contributed by atoms with Gasteiger partial charge >= 0.3 is 0 Å². The SMILES string of the molecule is CCc1nc(C)c(-c2cc(F)c(-c3ccccc3C#N)c(F)c2)s1. The van der Waals surface area contributed by atoms with Gasteiger partial charge in [0.15, 0.2) is 0 Å². The van der Waals surface area contributed by atoms with Gasteiger partial charge in [-0.2, -0.15) is 5.26 Å². The van der Waals surface area contributed by atoms with Gasteiger partial charge in [0.1, 0.15) is 11.6 Å². The van der Waals surface area contributed by atoms with Crippen LogP contribution in [-0.2, 0) is 6.42 Å². The van der Waals surface area contributed by atoms with Gasteiger partial charge in [-0.05, 0) is 37.1 Å². The molecule has 24 heavy (non-hydrogen) atoms. The lowest BCUT2D eigenvalue weighted by molar-refractivity contribution is 0.590. The number of nitrogens with zero attached hydrogens (tertiary/aromatic N) is 2. The van der Waals surface area contributed by atoms with Gasteiger partial charge in [-0.25, -0.2) is 13.8 Å². The van der Waals surface area contributed by atoms with Crippen LogP contribution in [0.2, 0.25) is 0 Å². The van der Waals surface area contributed by atoms with Crippen LogP contribution in [-0.4, -0.2) is 4.98 Å². The van der Waals surface area contributed by atoms with Crippen molar-refractivity contribution in [3.05, 3.63) is 64.3 Å². The number of rotatable bonds is 3. The van der Waals surface area contributed by atoms with E-state index < -0.39 is 11.6 Å². The second kappa shape index (κ2) is 6.50. The molecule has 120 valence electrons. The molecule has 0 amide bonds. The smallest absolute Gasteiger partial charge is 0.134 e. The summed E-state index contributed by atoms with van der Waals surface area (Å²) in [6.45, 7) is 3.82. The summed E-state index contributed by atoms with van der Waals surface area (Å²) in [6.07, 6.45) is 0.782. The molecule has 0 aliphatic heterocycles. The number of hydrogen-bond acceptors (Lipinski definition) is 3. The van der Waals surface area contributed by atoms with E-state index >= 15 is 0 Å². The highest BCUT2D eigenvalue weighted by Gasteiger charge is 2.18. The summed E-state index contributed by atoms with van der Waals surface area (Å²) >= 11 is 1.44. The second-order valence-corrected chi connectivity index (χ2v) is 6.43. The molecule has 3 rings (SSSR count). The lowest BCUT2D eigenvalue weighted by atomic mass is 9.97. The topological polar surface area (TPSA) is 36.7 Å². The molecule has 0 unspecified atom stereocenters. The Morgan fingerprint density at radius 1 is 1.17 bits per heavy atom. The molecule has 0 saturated carbocycles. The van der Waals surface area contributed by atoms with E-state index in [1.807, 2.05) is 19.9 Å². The Kier molecular flexibility index (Phi) is 4.41. The summed E-state index contributed by atoms with van der Waals surface area (Å²) in [6, 6.07) is 11.0. The Hall–Kier alpha value is -2.58. The van der Waals surface area contributed by atoms with Crippen molar-refractivity contribution < 1.29 is 8.78 Å². The lowest BCUT2D eigenvalue weighted by Crippen LogP contribution is -1.94. The highest BCUT2D eigenvalue weighted by molar-refractivity contribution is 7.15. The molecule has 0 saturated heterocycles. The minimum absolute atomic E-state index is 0.172. The fourth-order valence-electron chi connectivity index (χ4n) is 2.63. The molecule has 5 heteroatoms. The zero-order valence-electron chi connectivity index (χ0n) is 13.2. The average molecular weight is 340 g/mol. The molecule has 2 aromatic carbocycles. The molecular weight excluding hydrogens is 326 g/mol. The van der Waals surface area contributed by atoms with Crippen molar-refractivity contribution in [3.63, 3.8) is 0 Å². The summed E-state index contributed by atoms with van der Waals surface area (Å²) < 4.78 is 29.3. The lowest BCUT2D eigenvalue weighted by Gasteiger charge is -2.09. The quantitative estimate of drug-likeness (QED) is 0.631. The van der Waals surface area contributed by atoms with Crippen molar-refractivity contribution in [3.8, 4) is 27.6 Å². The van der Waals surface area contributed by atoms with Crippen molar-refractivity contribution in [2.45, 2.75) is 20.3 Å². The van der Waals surface area contributed by atoms with Gasteiger partial charge in [-0.3, -0.25) is 0 Å². The van der Waals surface area contributed by atoms with E-state index in [4.69, 9.17) is 5.26 Å². The van der Waals surface area contributed by atoms with Gasteiger partial charge < -0.3 is 0 Å². The van der Waals surface area contributed by atoms with Crippen LogP contribution >= 0.6 is 11.3 Å². The highest BCUT2D eigenvalue weighted by atomic mass is 32.1. The molecule has 0 bridgehead atoms. The van der Waals surface area contributed by atoms with Crippen LogP contribution in [0.3, 0.4) is 0 Å². The predicted molar refractivity (Wildman–Crippen MR) is 91.7 cm³/mol. The number of hydrogen-bond donors (Lipinski definition) is 0. The minimum atomic E-state index is -0.682. The van der Waals surface area contributed by atoms with Gasteiger partial charge in [0.05, 0.1) is 32.8 Å². The maximum Gasteiger partial charge on any atom is 0.134 e. The van der Waals surface area contributed by atoms with Crippen molar-refractivity contribution in [1.29, 1.82) is 5.26 Å². The monoisotopic (exact) mass is 340 g/mol. The fourth-order valence-corrected chi connectivity index (χ4v) is 3.62. The number of aromatic nitrogens is 1. The summed E-state index contributed by atoms with van der Waals surface area (Å²) in [5.41, 5.74) is 1.56. The molecule has 0 radical (unpaired) electrons. The van der Waals surface area contributed by atoms with Crippen LogP contribution < -0.4 is 0 Å². The van der Waals surface area contributed by atoms with Crippen molar-refractivity contribution in [2.24, 2.45) is 0 Å². The Morgan fingerprint density at radius 3 is 2.42 bits per heavy atom. The number of aryl methyl sites for hydroxylation is 2. The first-order valence-corrected chi connectivity index (χ1v) is 8.32. The van der Waals surface area contributed by atoms with Gasteiger partial charge in [0.25, 0.3) is 0 Å². The Balaban J connectivity index is 2.16. The van der Waals surface area contributed by atoms with Crippen LogP contribution in [0.15, 0.2) is 36.4 Å². The van der Waals surface area contributed by atoms with Crippen molar-refractivity contribution in [2.75, 3.05) is 0 Å². The zero-order chi connectivity index (χ0) is 17.3. The van der Waals surface area contributed by atoms with Crippen molar-refractivity contribution in [1.82, 2.24) is 4.98 Å². The summed E-state index contributed by atoms with van der Waals surface area (Å²) in [4.78, 5) is 5.17. The molecule has 3 aromatic rings. The number of halogens is 2. The number of nitriles is 1. The third-order valence-corrected chi connectivity index (χ3v) is 5.12. The number of benzene rings is 2. The van der Waals surface area contributed by atoms with E-state index in [1.54, 1.807) is 24.3 Å². The van der Waals surface area contributed by atoms with Crippen LogP contribution in [0.5, 0.6) is 0 Å². The Bertz CT molecular complexity index is 931. The van der Waals surface area contributed by atoms with Gasteiger partial charge in [0.2, 0.25) is 0 Å². The zero-order valence-corrected chi connectivity index (χ0v) is 14.0. The molecular formula is C19H14F2N2S. The van der Waals surface area contributed by atoms with Crippen LogP contribution in [0.25, 0.3) is 21.6 Å². The standard InChI is InChI=1S/C19H14F2N2S/c1-3-17-23-11(2)19(24-17)13-8-15(20)18(16(21)9-13)14-7-5-4-6-12(14)10-22/h4-9H,3H2,1-2H3. The normalized spacial score (nSPS) is 10.6. The average Bonchev–Trinajstić information content (AvgIpc) is 2.95. The minimum Gasteiger partial charge on any atom is -0.246 e. The third kappa shape index (κ3) is 2.81. The highest BCUT2D eigenvalue weighted by Crippen LogP contribution is 2.36. The van der Waals surface area contributed by atoms with E-state index in [2.05, 4.69) is 4.98 Å². The fraction of sp³-hybridized carbons (Fsp3) is 0.158. The molecule has 1 heterocycles. The van der Waals surface area contributed by atoms with Gasteiger partial charge in [-0.1, -0.05) is 25.1 Å². The molecule has 2 nitrogen and oxygen atoms in total. The molecule has 0 aliphatic rings. The van der Waals surface area contributed by atoms with Crippen LogP contribution in [0.4, 0.5) is 8.78 Å². The summed E-state index contributed by atoms with van der Waals surface area (Å²) in [5, 5.41) is 10.1. The molecule has 0 N–H and O–H groups in total. The molecule has 1 aromatic heterocycles. The summed E-state index contributed by atoms with van der Waals surface area (Å²) in [7, 11) is 0. The van der Waals surface area contributed by atoms with E-state index in [-0.39, 0.29) is 16.7 Å². The molecule has 0 spiro atoms. The van der Waals surface area contributed by atoms with E-state index in [0.717, 1.165) is 22.0 Å². The van der Waals surface area contributed by atoms with Crippen molar-refractivity contribution >= 4 is 11.3 Å². The second-order valence-electron chi connectivity index (χ2n) is 5.35. The van der Waals surface area contributed by atoms with Gasteiger partial charge in [0, 0.05) is 5.56 Å². The third-order valence-electron chi connectivity index (χ3n) is 3.76. The summed E-state index contributed by atoms with van der Waals surface area (Å²) in [5.74, 6) is -1.36. The maximum atomic E-state index is 14.7. The van der Waals surface area contributed by atoms with Gasteiger partial charge in [-0.15, -0.1) is 11.3 Å². The van der Waals surface area contributed by atoms with E-state index in [0.29, 0.717) is 5.56 Å². The maximum absolute atomic E-state index is 14.7. The first kappa shape index (κ1) is 16.3. The Morgan fingerprint density at radius 2 is 1.83 bits per heavy atom.